The van der Waals surface area contributed by atoms with Crippen LogP contribution in [0.3, 0.4) is 0 Å². The second-order valence-corrected chi connectivity index (χ2v) is 8.36. The van der Waals surface area contributed by atoms with Crippen LogP contribution in [0.4, 0.5) is 8.78 Å². The van der Waals surface area contributed by atoms with Gasteiger partial charge in [0, 0.05) is 19.1 Å². The van der Waals surface area contributed by atoms with Crippen molar-refractivity contribution in [3.05, 3.63) is 0 Å². The van der Waals surface area contributed by atoms with Crippen molar-refractivity contribution in [3.63, 3.8) is 0 Å². The predicted molar refractivity (Wildman–Crippen MR) is 97.8 cm³/mol. The highest BCUT2D eigenvalue weighted by atomic mass is 19.1. The first kappa shape index (κ1) is 20.5. The molecule has 26 heavy (non-hydrogen) atoms. The highest BCUT2D eigenvalue weighted by molar-refractivity contribution is 5.01. The van der Waals surface area contributed by atoms with Gasteiger partial charge in [-0.1, -0.05) is 26.7 Å². The average Bonchev–Trinajstić information content (AvgIpc) is 2.65. The minimum Gasteiger partial charge on any atom is -0.375 e. The van der Waals surface area contributed by atoms with Gasteiger partial charge in [-0.2, -0.15) is 0 Å². The maximum Gasteiger partial charge on any atom is 0.152 e. The largest absolute Gasteiger partial charge is 0.375 e. The molecule has 0 bridgehead atoms. The number of unbranched alkanes of at least 4 members (excludes halogenated alkanes) is 2. The van der Waals surface area contributed by atoms with Gasteiger partial charge in [0.1, 0.15) is 6.17 Å². The van der Waals surface area contributed by atoms with Crippen LogP contribution in [0.5, 0.6) is 0 Å². The molecule has 0 spiro atoms. The van der Waals surface area contributed by atoms with Gasteiger partial charge >= 0.3 is 0 Å². The van der Waals surface area contributed by atoms with E-state index in [1.165, 1.54) is 0 Å². The van der Waals surface area contributed by atoms with Crippen LogP contribution in [0.1, 0.15) is 65.2 Å². The van der Waals surface area contributed by atoms with E-state index in [-0.39, 0.29) is 30.0 Å². The molecule has 5 heteroatoms. The van der Waals surface area contributed by atoms with Crippen LogP contribution in [-0.4, -0.2) is 50.5 Å². The topological polar surface area (TPSA) is 27.7 Å². The zero-order valence-electron chi connectivity index (χ0n) is 16.4. The summed E-state index contributed by atoms with van der Waals surface area (Å²) in [4.78, 5) is 0. The lowest BCUT2D eigenvalue weighted by Crippen LogP contribution is -2.58. The van der Waals surface area contributed by atoms with Crippen LogP contribution in [0.25, 0.3) is 0 Å². The minimum absolute atomic E-state index is 0.129. The quantitative estimate of drug-likeness (QED) is 0.568. The lowest BCUT2D eigenvalue weighted by molar-refractivity contribution is -0.205. The molecular formula is C21H36F2O3. The van der Waals surface area contributed by atoms with Crippen LogP contribution in [0.2, 0.25) is 0 Å². The molecule has 0 radical (unpaired) electrons. The van der Waals surface area contributed by atoms with E-state index in [2.05, 4.69) is 13.8 Å². The molecule has 0 aromatic rings. The molecule has 8 unspecified atom stereocenters. The van der Waals surface area contributed by atoms with Crippen LogP contribution in [-0.2, 0) is 14.2 Å². The molecule has 0 N–H and O–H groups in total. The molecule has 2 aliphatic carbocycles. The summed E-state index contributed by atoms with van der Waals surface area (Å²) in [6, 6.07) is 0. The van der Waals surface area contributed by atoms with E-state index >= 15 is 4.39 Å². The van der Waals surface area contributed by atoms with E-state index in [1.807, 2.05) is 0 Å². The number of ether oxygens (including phenoxy) is 3. The van der Waals surface area contributed by atoms with Crippen molar-refractivity contribution in [2.45, 2.75) is 95.9 Å². The summed E-state index contributed by atoms with van der Waals surface area (Å²) in [5.74, 6) is 0.218. The van der Waals surface area contributed by atoms with Crippen molar-refractivity contribution in [1.82, 2.24) is 0 Å². The summed E-state index contributed by atoms with van der Waals surface area (Å²) in [5, 5.41) is 0. The fourth-order valence-corrected chi connectivity index (χ4v) is 5.12. The molecule has 0 aromatic heterocycles. The third-order valence-corrected chi connectivity index (χ3v) is 6.66. The van der Waals surface area contributed by atoms with Crippen molar-refractivity contribution >= 4 is 0 Å². The van der Waals surface area contributed by atoms with Crippen molar-refractivity contribution < 1.29 is 23.0 Å². The van der Waals surface area contributed by atoms with E-state index in [0.717, 1.165) is 51.4 Å². The summed E-state index contributed by atoms with van der Waals surface area (Å²) in [7, 11) is 0. The van der Waals surface area contributed by atoms with Crippen LogP contribution in [0.15, 0.2) is 0 Å². The number of alkyl halides is 2. The van der Waals surface area contributed by atoms with E-state index in [9.17, 15) is 4.39 Å². The molecule has 152 valence electrons. The predicted octanol–water partition coefficient (Wildman–Crippen LogP) is 4.87. The Morgan fingerprint density at radius 1 is 0.769 bits per heavy atom. The molecule has 1 heterocycles. The second-order valence-electron chi connectivity index (χ2n) is 8.36. The number of halogens is 2. The van der Waals surface area contributed by atoms with Gasteiger partial charge in [0.2, 0.25) is 0 Å². The first-order valence-corrected chi connectivity index (χ1v) is 10.8. The molecule has 3 rings (SSSR count). The third kappa shape index (κ3) is 4.41. The third-order valence-electron chi connectivity index (χ3n) is 6.66. The van der Waals surface area contributed by atoms with Crippen LogP contribution >= 0.6 is 0 Å². The maximum atomic E-state index is 15.0. The average molecular weight is 375 g/mol. The molecule has 8 atom stereocenters. The molecule has 1 aliphatic heterocycles. The van der Waals surface area contributed by atoms with Gasteiger partial charge in [0.25, 0.3) is 0 Å². The Balaban J connectivity index is 1.56. The Labute approximate surface area is 157 Å². The molecule has 3 nitrogen and oxygen atoms in total. The smallest absolute Gasteiger partial charge is 0.152 e. The van der Waals surface area contributed by atoms with Crippen LogP contribution < -0.4 is 0 Å². The Hall–Kier alpha value is -0.260. The lowest BCUT2D eigenvalue weighted by atomic mass is 9.63. The number of hydrogen-bond donors (Lipinski definition) is 0. The van der Waals surface area contributed by atoms with Crippen molar-refractivity contribution in [3.8, 4) is 0 Å². The van der Waals surface area contributed by atoms with Gasteiger partial charge in [-0.25, -0.2) is 8.78 Å². The highest BCUT2D eigenvalue weighted by Crippen LogP contribution is 2.48. The Morgan fingerprint density at radius 2 is 1.35 bits per heavy atom. The summed E-state index contributed by atoms with van der Waals surface area (Å²) in [5.41, 5.74) is 0. The minimum atomic E-state index is -1.08. The first-order valence-electron chi connectivity index (χ1n) is 10.8. The van der Waals surface area contributed by atoms with Gasteiger partial charge < -0.3 is 14.2 Å². The normalized spacial score (nSPS) is 42.9. The maximum absolute atomic E-state index is 15.0. The zero-order valence-corrected chi connectivity index (χ0v) is 16.4. The van der Waals surface area contributed by atoms with Crippen molar-refractivity contribution in [2.75, 3.05) is 19.8 Å². The van der Waals surface area contributed by atoms with Gasteiger partial charge in [-0.3, -0.25) is 0 Å². The van der Waals surface area contributed by atoms with Gasteiger partial charge in [-0.05, 0) is 50.4 Å². The summed E-state index contributed by atoms with van der Waals surface area (Å²) in [6.07, 6.45) is 4.21. The van der Waals surface area contributed by atoms with E-state index in [4.69, 9.17) is 14.2 Å². The Kier molecular flexibility index (Phi) is 7.71. The number of fused-ring (bicyclic) bond motifs is 3. The fraction of sp³-hybridized carbons (Fsp3) is 1.00. The summed E-state index contributed by atoms with van der Waals surface area (Å²) < 4.78 is 47.5. The van der Waals surface area contributed by atoms with Crippen molar-refractivity contribution in [1.29, 1.82) is 0 Å². The van der Waals surface area contributed by atoms with Gasteiger partial charge in [0.05, 0.1) is 24.9 Å². The summed E-state index contributed by atoms with van der Waals surface area (Å²) >= 11 is 0. The Bertz CT molecular complexity index is 384. The molecule has 1 saturated heterocycles. The van der Waals surface area contributed by atoms with Gasteiger partial charge in [0.15, 0.2) is 6.17 Å². The summed E-state index contributed by atoms with van der Waals surface area (Å²) in [6.45, 7) is 5.79. The molecule has 3 fully saturated rings. The molecule has 0 aromatic carbocycles. The number of rotatable bonds is 8. The van der Waals surface area contributed by atoms with Crippen LogP contribution in [0, 0.1) is 17.8 Å². The zero-order chi connectivity index (χ0) is 18.5. The van der Waals surface area contributed by atoms with Crippen molar-refractivity contribution in [2.24, 2.45) is 17.8 Å². The highest BCUT2D eigenvalue weighted by Gasteiger charge is 2.53. The van der Waals surface area contributed by atoms with E-state index < -0.39 is 18.4 Å². The fourth-order valence-electron chi connectivity index (χ4n) is 5.12. The van der Waals surface area contributed by atoms with E-state index in [0.29, 0.717) is 19.8 Å². The standard InChI is InChI=1S/C21H36F2O3/c1-3-5-11-24-17-9-7-14-15-8-10-18(25-12-6-4-2)20(23)21(15)26-13-16(14)19(17)22/h14-21H,3-13H2,1-2H3. The second kappa shape index (κ2) is 9.79. The van der Waals surface area contributed by atoms with Gasteiger partial charge in [-0.15, -0.1) is 0 Å². The molecular weight excluding hydrogens is 338 g/mol. The SMILES string of the molecule is CCCCOC1CCC2C(COC3C(F)C(OCCCC)CCC23)C1F. The molecule has 3 aliphatic rings. The monoisotopic (exact) mass is 374 g/mol. The Morgan fingerprint density at radius 3 is 1.96 bits per heavy atom. The first-order chi connectivity index (χ1) is 12.7. The molecule has 0 amide bonds. The molecule has 2 saturated carbocycles. The van der Waals surface area contributed by atoms with E-state index in [1.54, 1.807) is 0 Å². The lowest BCUT2D eigenvalue weighted by Gasteiger charge is -2.52. The number of hydrogen-bond acceptors (Lipinski definition) is 3.